The fraction of sp³-hybridized carbons (Fsp3) is 0.0556. The zero-order valence-corrected chi connectivity index (χ0v) is 13.8. The van der Waals surface area contributed by atoms with E-state index in [9.17, 15) is 9.90 Å². The van der Waals surface area contributed by atoms with Crippen LogP contribution in [-0.2, 0) is 4.79 Å². The Morgan fingerprint density at radius 3 is 2.48 bits per heavy atom. The predicted octanol–water partition coefficient (Wildman–Crippen LogP) is 5.46. The van der Waals surface area contributed by atoms with E-state index in [0.29, 0.717) is 33.4 Å². The van der Waals surface area contributed by atoms with Crippen LogP contribution in [0.15, 0.2) is 48.5 Å². The lowest BCUT2D eigenvalue weighted by molar-refractivity contribution is -0.106. The first-order valence-electron chi connectivity index (χ1n) is 6.94. The smallest absolute Gasteiger partial charge is 0.218 e. The van der Waals surface area contributed by atoms with Crippen LogP contribution in [-0.4, -0.2) is 11.5 Å². The second kappa shape index (κ2) is 6.11. The molecule has 0 fully saturated rings. The summed E-state index contributed by atoms with van der Waals surface area (Å²) < 4.78 is 0. The summed E-state index contributed by atoms with van der Waals surface area (Å²) in [6, 6.07) is 14.3. The molecule has 0 heterocycles. The number of amides is 1. The van der Waals surface area contributed by atoms with Crippen LogP contribution < -0.4 is 4.90 Å². The Balaban J connectivity index is 2.22. The SMILES string of the molecule is Cc1c(O)c(N(C=O)c2ccc(Cl)c(Cl)c2)cc2ccccc12. The highest BCUT2D eigenvalue weighted by Crippen LogP contribution is 2.40. The van der Waals surface area contributed by atoms with Crippen molar-refractivity contribution in [2.45, 2.75) is 6.92 Å². The molecule has 0 aliphatic carbocycles. The van der Waals surface area contributed by atoms with Gasteiger partial charge in [0.1, 0.15) is 5.75 Å². The number of aromatic hydroxyl groups is 1. The standard InChI is InChI=1S/C18H13Cl2NO2/c1-11-14-5-3-2-4-12(14)8-17(18(11)23)21(10-22)13-6-7-15(19)16(20)9-13/h2-10,23H,1H3. The van der Waals surface area contributed by atoms with Crippen molar-refractivity contribution in [1.82, 2.24) is 0 Å². The number of hydrogen-bond acceptors (Lipinski definition) is 2. The quantitative estimate of drug-likeness (QED) is 0.640. The highest BCUT2D eigenvalue weighted by molar-refractivity contribution is 6.42. The highest BCUT2D eigenvalue weighted by atomic mass is 35.5. The second-order valence-corrected chi connectivity index (χ2v) is 5.98. The van der Waals surface area contributed by atoms with Crippen LogP contribution in [0.3, 0.4) is 0 Å². The molecule has 0 atom stereocenters. The maximum Gasteiger partial charge on any atom is 0.218 e. The summed E-state index contributed by atoms with van der Waals surface area (Å²) in [5.41, 5.74) is 1.64. The van der Waals surface area contributed by atoms with Crippen molar-refractivity contribution in [3.63, 3.8) is 0 Å². The van der Waals surface area contributed by atoms with Crippen molar-refractivity contribution in [2.24, 2.45) is 0 Å². The lowest BCUT2D eigenvalue weighted by Gasteiger charge is -2.21. The minimum atomic E-state index is 0.0573. The minimum absolute atomic E-state index is 0.0573. The third-order valence-corrected chi connectivity index (χ3v) is 4.54. The summed E-state index contributed by atoms with van der Waals surface area (Å²) in [5.74, 6) is 0.0573. The van der Waals surface area contributed by atoms with Gasteiger partial charge in [0, 0.05) is 5.56 Å². The highest BCUT2D eigenvalue weighted by Gasteiger charge is 2.17. The van der Waals surface area contributed by atoms with Crippen LogP contribution in [0, 0.1) is 6.92 Å². The number of benzene rings is 3. The first kappa shape index (κ1) is 15.7. The molecule has 0 aliphatic heterocycles. The van der Waals surface area contributed by atoms with Crippen LogP contribution in [0.25, 0.3) is 10.8 Å². The van der Waals surface area contributed by atoms with Gasteiger partial charge in [-0.25, -0.2) is 0 Å². The Morgan fingerprint density at radius 2 is 1.78 bits per heavy atom. The molecular weight excluding hydrogens is 333 g/mol. The van der Waals surface area contributed by atoms with Gasteiger partial charge in [0.2, 0.25) is 6.41 Å². The molecule has 1 amide bonds. The molecular formula is C18H13Cl2NO2. The van der Waals surface area contributed by atoms with Gasteiger partial charge in [-0.1, -0.05) is 47.5 Å². The van der Waals surface area contributed by atoms with E-state index >= 15 is 0 Å². The zero-order valence-electron chi connectivity index (χ0n) is 12.3. The van der Waals surface area contributed by atoms with Gasteiger partial charge in [-0.05, 0) is 42.0 Å². The van der Waals surface area contributed by atoms with E-state index in [0.717, 1.165) is 10.8 Å². The van der Waals surface area contributed by atoms with Crippen LogP contribution in [0.1, 0.15) is 5.56 Å². The molecule has 0 saturated carbocycles. The third kappa shape index (κ3) is 2.74. The Kier molecular flexibility index (Phi) is 4.16. The number of nitrogens with zero attached hydrogens (tertiary/aromatic N) is 1. The molecule has 0 aliphatic rings. The summed E-state index contributed by atoms with van der Waals surface area (Å²) in [6.07, 6.45) is 0.642. The molecule has 3 aromatic rings. The fourth-order valence-electron chi connectivity index (χ4n) is 2.57. The van der Waals surface area contributed by atoms with E-state index in [4.69, 9.17) is 23.2 Å². The molecule has 0 saturated heterocycles. The van der Waals surface area contributed by atoms with Crippen molar-refractivity contribution < 1.29 is 9.90 Å². The molecule has 0 spiro atoms. The number of carbonyl (C=O) groups is 1. The normalized spacial score (nSPS) is 10.7. The van der Waals surface area contributed by atoms with E-state index in [1.165, 1.54) is 4.90 Å². The Labute approximate surface area is 143 Å². The predicted molar refractivity (Wildman–Crippen MR) is 95.0 cm³/mol. The second-order valence-electron chi connectivity index (χ2n) is 5.16. The number of fused-ring (bicyclic) bond motifs is 1. The number of anilines is 2. The average molecular weight is 346 g/mol. The van der Waals surface area contributed by atoms with Crippen LogP contribution in [0.4, 0.5) is 11.4 Å². The molecule has 0 radical (unpaired) electrons. The van der Waals surface area contributed by atoms with E-state index in [1.54, 1.807) is 24.3 Å². The van der Waals surface area contributed by atoms with Gasteiger partial charge in [0.25, 0.3) is 0 Å². The van der Waals surface area contributed by atoms with E-state index in [1.807, 2.05) is 31.2 Å². The molecule has 3 rings (SSSR count). The van der Waals surface area contributed by atoms with E-state index in [-0.39, 0.29) is 5.75 Å². The van der Waals surface area contributed by atoms with Gasteiger partial charge >= 0.3 is 0 Å². The zero-order chi connectivity index (χ0) is 16.6. The van der Waals surface area contributed by atoms with Gasteiger partial charge in [-0.3, -0.25) is 9.69 Å². The van der Waals surface area contributed by atoms with Gasteiger partial charge < -0.3 is 5.11 Å². The molecule has 23 heavy (non-hydrogen) atoms. The van der Waals surface area contributed by atoms with Crippen LogP contribution >= 0.6 is 23.2 Å². The molecule has 5 heteroatoms. The number of carbonyl (C=O) groups excluding carboxylic acids is 1. The summed E-state index contributed by atoms with van der Waals surface area (Å²) >= 11 is 12.0. The summed E-state index contributed by atoms with van der Waals surface area (Å²) in [6.45, 7) is 1.82. The molecule has 0 bridgehead atoms. The number of rotatable bonds is 3. The first-order chi connectivity index (χ1) is 11.0. The molecule has 116 valence electrons. The number of phenolic OH excluding ortho intramolecular Hbond substituents is 1. The van der Waals surface area contributed by atoms with Crippen LogP contribution in [0.5, 0.6) is 5.75 Å². The lowest BCUT2D eigenvalue weighted by atomic mass is 10.0. The van der Waals surface area contributed by atoms with Gasteiger partial charge in [0.15, 0.2) is 0 Å². The summed E-state index contributed by atoms with van der Waals surface area (Å²) in [4.78, 5) is 13.0. The summed E-state index contributed by atoms with van der Waals surface area (Å²) in [5, 5.41) is 13.1. The Bertz CT molecular complexity index is 909. The molecule has 0 aromatic heterocycles. The number of hydrogen-bond donors (Lipinski definition) is 1. The van der Waals surface area contributed by atoms with Crippen LogP contribution in [0.2, 0.25) is 10.0 Å². The largest absolute Gasteiger partial charge is 0.505 e. The molecule has 0 unspecified atom stereocenters. The number of phenols is 1. The Morgan fingerprint density at radius 1 is 1.04 bits per heavy atom. The first-order valence-corrected chi connectivity index (χ1v) is 7.69. The fourth-order valence-corrected chi connectivity index (χ4v) is 2.87. The maximum absolute atomic E-state index is 11.6. The topological polar surface area (TPSA) is 40.5 Å². The lowest BCUT2D eigenvalue weighted by Crippen LogP contribution is -2.14. The van der Waals surface area contributed by atoms with E-state index in [2.05, 4.69) is 0 Å². The number of halogens is 2. The van der Waals surface area contributed by atoms with Crippen molar-refractivity contribution in [2.75, 3.05) is 4.90 Å². The van der Waals surface area contributed by atoms with E-state index < -0.39 is 0 Å². The van der Waals surface area contributed by atoms with Gasteiger partial charge in [-0.15, -0.1) is 0 Å². The summed E-state index contributed by atoms with van der Waals surface area (Å²) in [7, 11) is 0. The third-order valence-electron chi connectivity index (χ3n) is 3.80. The minimum Gasteiger partial charge on any atom is -0.505 e. The van der Waals surface area contributed by atoms with Gasteiger partial charge in [0.05, 0.1) is 21.4 Å². The van der Waals surface area contributed by atoms with Crippen molar-refractivity contribution >= 4 is 51.8 Å². The maximum atomic E-state index is 11.6. The van der Waals surface area contributed by atoms with Crippen molar-refractivity contribution in [3.8, 4) is 5.75 Å². The van der Waals surface area contributed by atoms with Crippen molar-refractivity contribution in [1.29, 1.82) is 0 Å². The number of aryl methyl sites for hydroxylation is 1. The van der Waals surface area contributed by atoms with Crippen molar-refractivity contribution in [3.05, 3.63) is 64.1 Å². The average Bonchev–Trinajstić information content (AvgIpc) is 2.56. The monoisotopic (exact) mass is 345 g/mol. The Hall–Kier alpha value is -2.23. The molecule has 3 nitrogen and oxygen atoms in total. The molecule has 3 aromatic carbocycles. The molecule has 1 N–H and O–H groups in total. The van der Waals surface area contributed by atoms with Gasteiger partial charge in [-0.2, -0.15) is 0 Å².